The van der Waals surface area contributed by atoms with E-state index >= 15 is 0 Å². The number of ether oxygens (including phenoxy) is 1. The van der Waals surface area contributed by atoms with Gasteiger partial charge in [0.15, 0.2) is 0 Å². The Hall–Kier alpha value is -3.24. The minimum atomic E-state index is -4.52. The predicted octanol–water partition coefficient (Wildman–Crippen LogP) is 0.668. The molecule has 0 saturated carbocycles. The van der Waals surface area contributed by atoms with Crippen LogP contribution in [0, 0.1) is 5.92 Å². The Morgan fingerprint density at radius 3 is 2.21 bits per heavy atom. The highest BCUT2D eigenvalue weighted by molar-refractivity contribution is 7.49. The molecule has 0 aliphatic rings. The van der Waals surface area contributed by atoms with Crippen molar-refractivity contribution in [2.45, 2.75) is 52.3 Å². The van der Waals surface area contributed by atoms with Gasteiger partial charge in [0.25, 0.3) is 0 Å². The Morgan fingerprint density at radius 2 is 1.63 bits per heavy atom. The van der Waals surface area contributed by atoms with Gasteiger partial charge in [-0.3, -0.25) is 14.2 Å². The van der Waals surface area contributed by atoms with Crippen LogP contribution in [0.4, 0.5) is 0 Å². The van der Waals surface area contributed by atoms with Crippen LogP contribution in [0.1, 0.15) is 38.3 Å². The minimum absolute atomic E-state index is 0.0112. The Bertz CT molecular complexity index is 1100. The Kier molecular flexibility index (Phi) is 12.4. The highest BCUT2D eigenvalue weighted by atomic mass is 31.2. The molecule has 12 heteroatoms. The molecule has 0 bridgehead atoms. The van der Waals surface area contributed by atoms with Crippen LogP contribution >= 0.6 is 7.75 Å². The summed E-state index contributed by atoms with van der Waals surface area (Å²) in [5.41, 5.74) is 1.66. The number of carbonyl (C=O) groups is 3. The number of aliphatic carboxylic acids is 1. The topological polar surface area (TPSA) is 169 Å². The van der Waals surface area contributed by atoms with E-state index in [1.807, 2.05) is 30.3 Å². The first-order valence-corrected chi connectivity index (χ1v) is 13.9. The second-order valence-electron chi connectivity index (χ2n) is 8.68. The van der Waals surface area contributed by atoms with E-state index in [4.69, 9.17) is 9.26 Å². The zero-order valence-electron chi connectivity index (χ0n) is 21.7. The molecule has 2 aromatic rings. The number of benzene rings is 2. The van der Waals surface area contributed by atoms with Crippen LogP contribution < -0.4 is 30.5 Å². The summed E-state index contributed by atoms with van der Waals surface area (Å²) in [6.45, 7) is 4.49. The Labute approximate surface area is 222 Å². The van der Waals surface area contributed by atoms with Crippen molar-refractivity contribution in [2.24, 2.45) is 5.92 Å². The van der Waals surface area contributed by atoms with Gasteiger partial charge in [-0.25, -0.2) is 5.09 Å². The second-order valence-corrected chi connectivity index (χ2v) is 10.2. The molecule has 0 aromatic heterocycles. The third-order valence-electron chi connectivity index (χ3n) is 5.74. The third kappa shape index (κ3) is 10.6. The summed E-state index contributed by atoms with van der Waals surface area (Å²) in [6, 6.07) is 14.1. The number of hydrogen-bond donors (Lipinski definition) is 3. The molecule has 4 atom stereocenters. The van der Waals surface area contributed by atoms with Crippen LogP contribution in [0.5, 0.6) is 5.75 Å². The Morgan fingerprint density at radius 1 is 0.974 bits per heavy atom. The van der Waals surface area contributed by atoms with Gasteiger partial charge >= 0.3 is 0 Å². The summed E-state index contributed by atoms with van der Waals surface area (Å²) < 4.78 is 22.7. The van der Waals surface area contributed by atoms with Crippen molar-refractivity contribution >= 4 is 25.5 Å². The maximum absolute atomic E-state index is 13.1. The maximum atomic E-state index is 13.1. The molecule has 2 amide bonds. The van der Waals surface area contributed by atoms with E-state index in [0.29, 0.717) is 24.3 Å². The molecular weight excluding hydrogens is 513 g/mol. The smallest absolute Gasteiger partial charge is 0.243 e. The van der Waals surface area contributed by atoms with Crippen LogP contribution in [0.15, 0.2) is 54.6 Å². The van der Waals surface area contributed by atoms with Gasteiger partial charge in [-0.15, -0.1) is 0 Å². The molecule has 2 aromatic carbocycles. The van der Waals surface area contributed by atoms with Crippen LogP contribution in [-0.4, -0.2) is 43.0 Å². The van der Waals surface area contributed by atoms with Crippen molar-refractivity contribution in [1.82, 2.24) is 15.7 Å². The average molecular weight is 548 g/mol. The second kappa shape index (κ2) is 15.2. The molecule has 11 nitrogen and oxygen atoms in total. The molecular formula is C26H34N3O8P-2. The fourth-order valence-electron chi connectivity index (χ4n) is 3.51. The number of rotatable bonds is 16. The van der Waals surface area contributed by atoms with Crippen molar-refractivity contribution < 1.29 is 38.2 Å². The average Bonchev–Trinajstić information content (AvgIpc) is 2.89. The number of carbonyl (C=O) groups excluding carboxylic acids is 3. The quantitative estimate of drug-likeness (QED) is 0.256. The van der Waals surface area contributed by atoms with Crippen LogP contribution in [0.2, 0.25) is 0 Å². The van der Waals surface area contributed by atoms with Gasteiger partial charge in [0.1, 0.15) is 18.4 Å². The molecule has 0 saturated heterocycles. The lowest BCUT2D eigenvalue weighted by atomic mass is 9.98. The first-order valence-electron chi connectivity index (χ1n) is 12.3. The van der Waals surface area contributed by atoms with Crippen LogP contribution in [0.25, 0.3) is 0 Å². The van der Waals surface area contributed by atoms with Gasteiger partial charge in [-0.05, 0) is 36.1 Å². The van der Waals surface area contributed by atoms with Crippen molar-refractivity contribution in [3.63, 3.8) is 0 Å². The van der Waals surface area contributed by atoms with Crippen LogP contribution in [-0.2, 0) is 36.5 Å². The highest BCUT2D eigenvalue weighted by Crippen LogP contribution is 2.33. The third-order valence-corrected chi connectivity index (χ3v) is 6.94. The van der Waals surface area contributed by atoms with Crippen molar-refractivity contribution in [3.8, 4) is 5.75 Å². The van der Waals surface area contributed by atoms with E-state index in [-0.39, 0.29) is 13.0 Å². The highest BCUT2D eigenvalue weighted by Gasteiger charge is 2.31. The summed E-state index contributed by atoms with van der Waals surface area (Å²) in [5.74, 6) is -2.82. The van der Waals surface area contributed by atoms with E-state index < -0.39 is 50.1 Å². The normalized spacial score (nSPS) is 14.9. The fraction of sp³-hybridized carbons (Fsp3) is 0.423. The molecule has 3 N–H and O–H groups in total. The summed E-state index contributed by atoms with van der Waals surface area (Å²) >= 11 is 0. The monoisotopic (exact) mass is 547 g/mol. The molecule has 0 spiro atoms. The van der Waals surface area contributed by atoms with Gasteiger partial charge in [-0.2, -0.15) is 0 Å². The van der Waals surface area contributed by atoms with Gasteiger partial charge in [0.05, 0.1) is 25.2 Å². The van der Waals surface area contributed by atoms with Crippen molar-refractivity contribution in [1.29, 1.82) is 0 Å². The first-order chi connectivity index (χ1) is 18.0. The molecule has 0 heterocycles. The van der Waals surface area contributed by atoms with E-state index in [1.165, 1.54) is 6.92 Å². The maximum Gasteiger partial charge on any atom is 0.243 e. The predicted molar refractivity (Wildman–Crippen MR) is 136 cm³/mol. The zero-order valence-corrected chi connectivity index (χ0v) is 22.6. The lowest BCUT2D eigenvalue weighted by molar-refractivity contribution is -0.304. The molecule has 38 heavy (non-hydrogen) atoms. The van der Waals surface area contributed by atoms with Crippen molar-refractivity contribution in [3.05, 3.63) is 65.7 Å². The Balaban J connectivity index is 2.16. The summed E-state index contributed by atoms with van der Waals surface area (Å²) in [4.78, 5) is 48.9. The largest absolute Gasteiger partial charge is 0.766 e. The lowest BCUT2D eigenvalue weighted by Gasteiger charge is -2.32. The van der Waals surface area contributed by atoms with Crippen LogP contribution in [0.3, 0.4) is 0 Å². The zero-order chi connectivity index (χ0) is 28.1. The summed E-state index contributed by atoms with van der Waals surface area (Å²) in [7, 11) is -4.52. The van der Waals surface area contributed by atoms with Gasteiger partial charge in [0, 0.05) is 6.42 Å². The summed E-state index contributed by atoms with van der Waals surface area (Å²) in [5, 5.41) is 17.9. The van der Waals surface area contributed by atoms with E-state index in [9.17, 15) is 28.9 Å². The van der Waals surface area contributed by atoms with Gasteiger partial charge in [0.2, 0.25) is 19.6 Å². The molecule has 0 fully saturated rings. The summed E-state index contributed by atoms with van der Waals surface area (Å²) in [6.07, 6.45) is 0.473. The SMILES string of the molecule is CCOP(=O)([O-])N[C@H](C(=O)NC(Cc1ccc(OCc2ccccc2)cc1)C(=O)NCC(=O)[O-])[C@@H](C)CC. The number of carboxylic acids is 1. The number of amides is 2. The van der Waals surface area contributed by atoms with E-state index in [1.54, 1.807) is 38.1 Å². The van der Waals surface area contributed by atoms with Gasteiger partial charge < -0.3 is 34.7 Å². The first kappa shape index (κ1) is 31.0. The molecule has 0 aliphatic heterocycles. The number of carboxylic acid groups (broad SMARTS) is 1. The fourth-order valence-corrected chi connectivity index (χ4v) is 4.64. The van der Waals surface area contributed by atoms with E-state index in [2.05, 4.69) is 15.7 Å². The molecule has 0 aliphatic carbocycles. The van der Waals surface area contributed by atoms with Gasteiger partial charge in [-0.1, -0.05) is 62.7 Å². The molecule has 2 unspecified atom stereocenters. The lowest BCUT2D eigenvalue weighted by Crippen LogP contribution is -2.56. The number of nitrogens with one attached hydrogen (secondary N) is 3. The van der Waals surface area contributed by atoms with Crippen molar-refractivity contribution in [2.75, 3.05) is 13.2 Å². The molecule has 2 rings (SSSR count). The number of hydrogen-bond acceptors (Lipinski definition) is 8. The molecule has 208 valence electrons. The minimum Gasteiger partial charge on any atom is -0.766 e. The molecule has 0 radical (unpaired) electrons. The standard InChI is InChI=1S/C26H36N3O8P/c1-4-18(3)24(29-38(34,35)37-5-2)26(33)28-22(25(32)27-16-23(30)31)15-19-11-13-21(14-12-19)36-17-20-9-7-6-8-10-20/h6-14,18,22,24H,4-5,15-17H2,1-3H3,(H,27,32)(H,28,33)(H,30,31)(H2,29,34,35)/p-2/t18-,22?,24-/m0/s1. The van der Waals surface area contributed by atoms with E-state index in [0.717, 1.165) is 5.56 Å².